The maximum absolute atomic E-state index is 14.0. The quantitative estimate of drug-likeness (QED) is 0.853. The summed E-state index contributed by atoms with van der Waals surface area (Å²) in [5.41, 5.74) is 11.2. The van der Waals surface area contributed by atoms with Crippen LogP contribution in [0.1, 0.15) is 15.2 Å². The minimum absolute atomic E-state index is 0.0336. The molecule has 0 aliphatic rings. The standard InChI is InChI=1S/C13H13ClFN3OS/c1-18(6-7-2-3-12(14)20-7)11-4-8(13(17)19)10(16)5-9(11)15/h2-5H,6,16H2,1H3,(H2,17,19). The van der Waals surface area contributed by atoms with Crippen LogP contribution in [0.2, 0.25) is 4.34 Å². The summed E-state index contributed by atoms with van der Waals surface area (Å²) in [7, 11) is 1.72. The van der Waals surface area contributed by atoms with Crippen LogP contribution in [-0.2, 0) is 6.54 Å². The first kappa shape index (κ1) is 14.6. The lowest BCUT2D eigenvalue weighted by Gasteiger charge is -2.20. The fourth-order valence-electron chi connectivity index (χ4n) is 1.84. The van der Waals surface area contributed by atoms with Gasteiger partial charge >= 0.3 is 0 Å². The summed E-state index contributed by atoms with van der Waals surface area (Å²) < 4.78 is 14.6. The van der Waals surface area contributed by atoms with Gasteiger partial charge < -0.3 is 16.4 Å². The zero-order chi connectivity index (χ0) is 14.9. The third-order valence-corrected chi connectivity index (χ3v) is 4.03. The second kappa shape index (κ2) is 5.68. The molecule has 4 nitrogen and oxygen atoms in total. The summed E-state index contributed by atoms with van der Waals surface area (Å²) in [6, 6.07) is 6.12. The highest BCUT2D eigenvalue weighted by molar-refractivity contribution is 7.16. The molecule has 0 saturated carbocycles. The van der Waals surface area contributed by atoms with E-state index in [-0.39, 0.29) is 16.9 Å². The maximum Gasteiger partial charge on any atom is 0.250 e. The van der Waals surface area contributed by atoms with E-state index in [9.17, 15) is 9.18 Å². The topological polar surface area (TPSA) is 72.3 Å². The number of hydrogen-bond acceptors (Lipinski definition) is 4. The summed E-state index contributed by atoms with van der Waals surface area (Å²) >= 11 is 7.27. The van der Waals surface area contributed by atoms with Crippen molar-refractivity contribution in [2.75, 3.05) is 17.7 Å². The van der Waals surface area contributed by atoms with Crippen molar-refractivity contribution in [2.45, 2.75) is 6.54 Å². The minimum atomic E-state index is -0.684. The number of primary amides is 1. The number of amides is 1. The first-order valence-corrected chi connectivity index (χ1v) is 6.92. The molecule has 1 aromatic heterocycles. The Hall–Kier alpha value is -1.79. The Balaban J connectivity index is 2.31. The van der Waals surface area contributed by atoms with Crippen LogP contribution in [0.25, 0.3) is 0 Å². The van der Waals surface area contributed by atoms with Crippen molar-refractivity contribution >= 4 is 40.2 Å². The number of thiophene rings is 1. The van der Waals surface area contributed by atoms with Crippen LogP contribution < -0.4 is 16.4 Å². The molecular weight excluding hydrogens is 301 g/mol. The predicted octanol–water partition coefficient (Wildman–Crippen LogP) is 2.86. The highest BCUT2D eigenvalue weighted by atomic mass is 35.5. The van der Waals surface area contributed by atoms with E-state index >= 15 is 0 Å². The number of halogens is 2. The number of nitrogen functional groups attached to an aromatic ring is 1. The number of benzene rings is 1. The summed E-state index contributed by atoms with van der Waals surface area (Å²) in [5, 5.41) is 0. The molecule has 0 saturated heterocycles. The van der Waals surface area contributed by atoms with Gasteiger partial charge in [0.2, 0.25) is 0 Å². The van der Waals surface area contributed by atoms with Gasteiger partial charge in [-0.1, -0.05) is 11.6 Å². The molecule has 20 heavy (non-hydrogen) atoms. The van der Waals surface area contributed by atoms with Gasteiger partial charge in [0.05, 0.1) is 22.1 Å². The molecule has 0 atom stereocenters. The van der Waals surface area contributed by atoms with Crippen LogP contribution in [0, 0.1) is 5.82 Å². The fourth-order valence-corrected chi connectivity index (χ4v) is 2.98. The molecule has 0 radical (unpaired) electrons. The van der Waals surface area contributed by atoms with Crippen molar-refractivity contribution in [1.82, 2.24) is 0 Å². The van der Waals surface area contributed by atoms with Gasteiger partial charge in [0, 0.05) is 17.6 Å². The third-order valence-electron chi connectivity index (χ3n) is 2.82. The van der Waals surface area contributed by atoms with Gasteiger partial charge in [0.15, 0.2) is 0 Å². The van der Waals surface area contributed by atoms with Gasteiger partial charge in [-0.2, -0.15) is 0 Å². The molecule has 106 valence electrons. The fraction of sp³-hybridized carbons (Fsp3) is 0.154. The molecule has 0 spiro atoms. The molecule has 0 bridgehead atoms. The van der Waals surface area contributed by atoms with E-state index in [0.29, 0.717) is 10.9 Å². The van der Waals surface area contributed by atoms with Crippen LogP contribution in [0.4, 0.5) is 15.8 Å². The maximum atomic E-state index is 14.0. The average molecular weight is 314 g/mol. The molecular formula is C13H13ClFN3OS. The number of carbonyl (C=O) groups excluding carboxylic acids is 1. The van der Waals surface area contributed by atoms with Gasteiger partial charge in [-0.15, -0.1) is 11.3 Å². The number of anilines is 2. The largest absolute Gasteiger partial charge is 0.398 e. The summed E-state index contributed by atoms with van der Waals surface area (Å²) in [6.45, 7) is 0.469. The van der Waals surface area contributed by atoms with Crippen molar-refractivity contribution in [2.24, 2.45) is 5.73 Å². The number of nitrogens with two attached hydrogens (primary N) is 2. The van der Waals surface area contributed by atoms with Gasteiger partial charge in [0.1, 0.15) is 5.82 Å². The second-order valence-corrected chi connectivity index (χ2v) is 6.12. The van der Waals surface area contributed by atoms with Crippen LogP contribution in [0.3, 0.4) is 0 Å². The molecule has 1 amide bonds. The average Bonchev–Trinajstić information content (AvgIpc) is 2.74. The van der Waals surface area contributed by atoms with Crippen molar-refractivity contribution in [3.05, 3.63) is 44.9 Å². The summed E-state index contributed by atoms with van der Waals surface area (Å²) in [4.78, 5) is 13.9. The van der Waals surface area contributed by atoms with Crippen LogP contribution >= 0.6 is 22.9 Å². The Morgan fingerprint density at radius 2 is 2.15 bits per heavy atom. The van der Waals surface area contributed by atoms with Crippen LogP contribution in [0.15, 0.2) is 24.3 Å². The molecule has 7 heteroatoms. The number of carbonyl (C=O) groups is 1. The van der Waals surface area contributed by atoms with E-state index < -0.39 is 11.7 Å². The normalized spacial score (nSPS) is 10.6. The van der Waals surface area contributed by atoms with Crippen molar-refractivity contribution < 1.29 is 9.18 Å². The van der Waals surface area contributed by atoms with Crippen LogP contribution in [-0.4, -0.2) is 13.0 Å². The molecule has 1 aromatic carbocycles. The highest BCUT2D eigenvalue weighted by Gasteiger charge is 2.15. The van der Waals surface area contributed by atoms with E-state index in [1.165, 1.54) is 17.4 Å². The third kappa shape index (κ3) is 3.02. The zero-order valence-electron chi connectivity index (χ0n) is 10.7. The molecule has 0 fully saturated rings. The Kier molecular flexibility index (Phi) is 4.15. The predicted molar refractivity (Wildman–Crippen MR) is 80.8 cm³/mol. The molecule has 0 aliphatic heterocycles. The van der Waals surface area contributed by atoms with Gasteiger partial charge in [-0.25, -0.2) is 4.39 Å². The number of rotatable bonds is 4. The smallest absolute Gasteiger partial charge is 0.250 e. The minimum Gasteiger partial charge on any atom is -0.398 e. The molecule has 1 heterocycles. The lowest BCUT2D eigenvalue weighted by molar-refractivity contribution is 0.100. The van der Waals surface area contributed by atoms with Crippen molar-refractivity contribution in [3.8, 4) is 0 Å². The monoisotopic (exact) mass is 313 g/mol. The first-order valence-electron chi connectivity index (χ1n) is 5.72. The van der Waals surface area contributed by atoms with Gasteiger partial charge in [0.25, 0.3) is 5.91 Å². The van der Waals surface area contributed by atoms with Crippen molar-refractivity contribution in [1.29, 1.82) is 0 Å². The van der Waals surface area contributed by atoms with E-state index in [1.54, 1.807) is 18.0 Å². The van der Waals surface area contributed by atoms with E-state index in [1.807, 2.05) is 6.07 Å². The van der Waals surface area contributed by atoms with E-state index in [2.05, 4.69) is 0 Å². The Morgan fingerprint density at radius 3 is 2.70 bits per heavy atom. The molecule has 4 N–H and O–H groups in total. The lowest BCUT2D eigenvalue weighted by Crippen LogP contribution is -2.20. The molecule has 2 rings (SSSR count). The second-order valence-electron chi connectivity index (χ2n) is 4.32. The molecule has 2 aromatic rings. The summed E-state index contributed by atoms with van der Waals surface area (Å²) in [6.07, 6.45) is 0. The molecule has 0 unspecified atom stereocenters. The van der Waals surface area contributed by atoms with Gasteiger partial charge in [-0.3, -0.25) is 4.79 Å². The Bertz CT molecular complexity index is 659. The number of nitrogens with zero attached hydrogens (tertiary/aromatic N) is 1. The van der Waals surface area contributed by atoms with E-state index in [4.69, 9.17) is 23.1 Å². The van der Waals surface area contributed by atoms with E-state index in [0.717, 1.165) is 10.9 Å². The number of hydrogen-bond donors (Lipinski definition) is 2. The summed E-state index contributed by atoms with van der Waals surface area (Å²) in [5.74, 6) is -1.19. The van der Waals surface area contributed by atoms with Crippen LogP contribution in [0.5, 0.6) is 0 Å². The SMILES string of the molecule is CN(Cc1ccc(Cl)s1)c1cc(C(N)=O)c(N)cc1F. The zero-order valence-corrected chi connectivity index (χ0v) is 12.3. The molecule has 0 aliphatic carbocycles. The first-order chi connectivity index (χ1) is 9.38. The Labute approximate surface area is 124 Å². The highest BCUT2D eigenvalue weighted by Crippen LogP contribution is 2.28. The Morgan fingerprint density at radius 1 is 1.45 bits per heavy atom. The lowest BCUT2D eigenvalue weighted by atomic mass is 10.1. The van der Waals surface area contributed by atoms with Crippen molar-refractivity contribution in [3.63, 3.8) is 0 Å². The van der Waals surface area contributed by atoms with Gasteiger partial charge in [-0.05, 0) is 24.3 Å².